The molecule has 0 radical (unpaired) electrons. The lowest BCUT2D eigenvalue weighted by molar-refractivity contribution is 0.389. The topological polar surface area (TPSA) is 12.0 Å². The van der Waals surface area contributed by atoms with Gasteiger partial charge in [0.15, 0.2) is 0 Å². The molecule has 0 fully saturated rings. The number of nitrogens with one attached hydrogen (secondary N) is 1. The highest BCUT2D eigenvalue weighted by atomic mass is 127. The molecular formula is C16H25BrIN. The van der Waals surface area contributed by atoms with Crippen LogP contribution in [0.3, 0.4) is 0 Å². The van der Waals surface area contributed by atoms with E-state index < -0.39 is 0 Å². The van der Waals surface area contributed by atoms with Crippen molar-refractivity contribution in [3.05, 3.63) is 31.8 Å². The van der Waals surface area contributed by atoms with E-state index in [-0.39, 0.29) is 0 Å². The summed E-state index contributed by atoms with van der Waals surface area (Å²) in [6.45, 7) is 7.95. The summed E-state index contributed by atoms with van der Waals surface area (Å²) in [7, 11) is 0. The van der Waals surface area contributed by atoms with Crippen LogP contribution in [0.4, 0.5) is 0 Å². The zero-order valence-corrected chi connectivity index (χ0v) is 15.9. The fraction of sp³-hybridized carbons (Fsp3) is 0.625. The Balaban J connectivity index is 2.85. The highest BCUT2D eigenvalue weighted by Gasteiger charge is 2.17. The maximum atomic E-state index is 3.71. The van der Waals surface area contributed by atoms with Crippen LogP contribution >= 0.6 is 38.5 Å². The minimum absolute atomic E-state index is 0.464. The molecule has 108 valence electrons. The Hall–Kier alpha value is 0.390. The van der Waals surface area contributed by atoms with E-state index in [0.29, 0.717) is 6.04 Å². The Bertz CT molecular complexity index is 381. The van der Waals surface area contributed by atoms with Crippen LogP contribution in [0.2, 0.25) is 0 Å². The number of hydrogen-bond acceptors (Lipinski definition) is 1. The van der Waals surface area contributed by atoms with Crippen molar-refractivity contribution in [3.63, 3.8) is 0 Å². The molecule has 3 heteroatoms. The van der Waals surface area contributed by atoms with Gasteiger partial charge in [-0.05, 0) is 71.7 Å². The molecule has 0 aliphatic heterocycles. The third kappa shape index (κ3) is 6.13. The molecule has 0 saturated heterocycles. The van der Waals surface area contributed by atoms with Crippen LogP contribution in [-0.4, -0.2) is 6.54 Å². The van der Waals surface area contributed by atoms with Crippen molar-refractivity contribution in [3.8, 4) is 0 Å². The van der Waals surface area contributed by atoms with Gasteiger partial charge in [-0.25, -0.2) is 0 Å². The Labute approximate surface area is 140 Å². The number of rotatable bonds is 8. The molecule has 0 aliphatic carbocycles. The third-order valence-corrected chi connectivity index (χ3v) is 4.79. The summed E-state index contributed by atoms with van der Waals surface area (Å²) in [5.74, 6) is 0.768. The van der Waals surface area contributed by atoms with E-state index in [1.807, 2.05) is 0 Å². The first-order valence-electron chi connectivity index (χ1n) is 7.26. The number of benzene rings is 1. The highest BCUT2D eigenvalue weighted by molar-refractivity contribution is 14.1. The first-order valence-corrected chi connectivity index (χ1v) is 9.13. The van der Waals surface area contributed by atoms with Gasteiger partial charge in [0.1, 0.15) is 0 Å². The van der Waals surface area contributed by atoms with Gasteiger partial charge in [-0.1, -0.05) is 49.5 Å². The Kier molecular flexibility index (Phi) is 8.58. The molecule has 1 aromatic rings. The maximum Gasteiger partial charge on any atom is 0.0334 e. The van der Waals surface area contributed by atoms with Crippen molar-refractivity contribution in [2.45, 2.75) is 52.5 Å². The van der Waals surface area contributed by atoms with Crippen molar-refractivity contribution in [1.29, 1.82) is 0 Å². The van der Waals surface area contributed by atoms with Crippen molar-refractivity contribution < 1.29 is 0 Å². The van der Waals surface area contributed by atoms with Gasteiger partial charge in [0.05, 0.1) is 0 Å². The smallest absolute Gasteiger partial charge is 0.0334 e. The largest absolute Gasteiger partial charge is 0.310 e. The van der Waals surface area contributed by atoms with Crippen molar-refractivity contribution in [2.24, 2.45) is 5.92 Å². The predicted molar refractivity (Wildman–Crippen MR) is 96.6 cm³/mol. The van der Waals surface area contributed by atoms with E-state index >= 15 is 0 Å². The first-order chi connectivity index (χ1) is 9.08. The van der Waals surface area contributed by atoms with Crippen LogP contribution in [0.25, 0.3) is 0 Å². The highest BCUT2D eigenvalue weighted by Crippen LogP contribution is 2.30. The quantitative estimate of drug-likeness (QED) is 0.497. The summed E-state index contributed by atoms with van der Waals surface area (Å²) < 4.78 is 2.53. The van der Waals surface area contributed by atoms with Crippen LogP contribution in [0.15, 0.2) is 22.7 Å². The monoisotopic (exact) mass is 437 g/mol. The van der Waals surface area contributed by atoms with Crippen LogP contribution in [0, 0.1) is 9.49 Å². The second-order valence-corrected chi connectivity index (χ2v) is 7.40. The molecule has 1 nitrogen and oxygen atoms in total. The summed E-state index contributed by atoms with van der Waals surface area (Å²) >= 11 is 6.10. The fourth-order valence-electron chi connectivity index (χ4n) is 2.43. The summed E-state index contributed by atoms with van der Waals surface area (Å²) in [5, 5.41) is 3.71. The summed E-state index contributed by atoms with van der Waals surface area (Å²) in [6.07, 6.45) is 4.98. The van der Waals surface area contributed by atoms with Crippen molar-refractivity contribution in [1.82, 2.24) is 5.32 Å². The first kappa shape index (κ1) is 17.4. The molecule has 0 spiro atoms. The molecule has 0 amide bonds. The lowest BCUT2D eigenvalue weighted by atomic mass is 9.93. The molecule has 0 aromatic heterocycles. The standard InChI is InChI=1S/C16H25BrIN/c1-4-6-12(3)10-16(19-9-5-2)14-11-13(18)7-8-15(14)17/h7-8,11-12,16,19H,4-6,9-10H2,1-3H3. The number of hydrogen-bond donors (Lipinski definition) is 1. The molecule has 0 bridgehead atoms. The van der Waals surface area contributed by atoms with Crippen molar-refractivity contribution in [2.75, 3.05) is 6.54 Å². The van der Waals surface area contributed by atoms with Crippen LogP contribution in [0.1, 0.15) is 58.1 Å². The van der Waals surface area contributed by atoms with E-state index in [4.69, 9.17) is 0 Å². The Morgan fingerprint density at radius 1 is 1.26 bits per heavy atom. The Morgan fingerprint density at radius 2 is 2.00 bits per heavy atom. The second-order valence-electron chi connectivity index (χ2n) is 5.30. The molecule has 2 unspecified atom stereocenters. The normalized spacial score (nSPS) is 14.4. The van der Waals surface area contributed by atoms with Gasteiger partial charge in [0.2, 0.25) is 0 Å². The van der Waals surface area contributed by atoms with Gasteiger partial charge in [0.25, 0.3) is 0 Å². The molecule has 19 heavy (non-hydrogen) atoms. The lowest BCUT2D eigenvalue weighted by Crippen LogP contribution is -2.24. The van der Waals surface area contributed by atoms with Crippen molar-refractivity contribution >= 4 is 38.5 Å². The van der Waals surface area contributed by atoms with E-state index in [1.165, 1.54) is 39.3 Å². The second kappa shape index (κ2) is 9.35. The lowest BCUT2D eigenvalue weighted by Gasteiger charge is -2.24. The van der Waals surface area contributed by atoms with E-state index in [1.54, 1.807) is 0 Å². The van der Waals surface area contributed by atoms with Gasteiger partial charge in [-0.15, -0.1) is 0 Å². The molecule has 0 saturated carbocycles. The summed E-state index contributed by atoms with van der Waals surface area (Å²) in [4.78, 5) is 0. The van der Waals surface area contributed by atoms with E-state index in [2.05, 4.69) is 82.8 Å². The molecule has 0 aliphatic rings. The summed E-state index contributed by atoms with van der Waals surface area (Å²) in [5.41, 5.74) is 1.41. The van der Waals surface area contributed by atoms with Gasteiger partial charge in [0, 0.05) is 14.1 Å². The van der Waals surface area contributed by atoms with Gasteiger partial charge in [-0.3, -0.25) is 0 Å². The molecule has 1 aromatic carbocycles. The SMILES string of the molecule is CCCNC(CC(C)CCC)c1cc(I)ccc1Br. The average Bonchev–Trinajstić information content (AvgIpc) is 2.38. The minimum Gasteiger partial charge on any atom is -0.310 e. The molecule has 0 heterocycles. The van der Waals surface area contributed by atoms with E-state index in [0.717, 1.165) is 12.5 Å². The third-order valence-electron chi connectivity index (χ3n) is 3.39. The van der Waals surface area contributed by atoms with E-state index in [9.17, 15) is 0 Å². The van der Waals surface area contributed by atoms with Gasteiger partial charge < -0.3 is 5.32 Å². The maximum absolute atomic E-state index is 3.71. The molecule has 1 rings (SSSR count). The molecular weight excluding hydrogens is 413 g/mol. The van der Waals surface area contributed by atoms with Gasteiger partial charge >= 0.3 is 0 Å². The average molecular weight is 438 g/mol. The van der Waals surface area contributed by atoms with Gasteiger partial charge in [-0.2, -0.15) is 0 Å². The molecule has 2 atom stereocenters. The fourth-order valence-corrected chi connectivity index (χ4v) is 3.47. The van der Waals surface area contributed by atoms with Crippen LogP contribution in [-0.2, 0) is 0 Å². The zero-order valence-electron chi connectivity index (χ0n) is 12.2. The van der Waals surface area contributed by atoms with Crippen LogP contribution in [0.5, 0.6) is 0 Å². The predicted octanol–water partition coefficient (Wildman–Crippen LogP) is 5.92. The summed E-state index contributed by atoms with van der Waals surface area (Å²) in [6, 6.07) is 7.09. The minimum atomic E-state index is 0.464. The Morgan fingerprint density at radius 3 is 2.63 bits per heavy atom. The zero-order chi connectivity index (χ0) is 14.3. The van der Waals surface area contributed by atoms with Crippen LogP contribution < -0.4 is 5.32 Å². The molecule has 1 N–H and O–H groups in total. The number of halogens is 2.